The van der Waals surface area contributed by atoms with Gasteiger partial charge >= 0.3 is 6.09 Å². The number of nitrogens with zero attached hydrogens (tertiary/aromatic N) is 2. The molecular weight excluding hydrogens is 382 g/mol. The zero-order valence-electron chi connectivity index (χ0n) is 19.2. The molecule has 3 fully saturated rings. The normalized spacial score (nSPS) is 26.8. The summed E-state index contributed by atoms with van der Waals surface area (Å²) >= 11 is 0. The van der Waals surface area contributed by atoms with Crippen molar-refractivity contribution in [2.75, 3.05) is 27.2 Å². The summed E-state index contributed by atoms with van der Waals surface area (Å²) in [5.74, 6) is 2.61. The molecule has 8 nitrogen and oxygen atoms in total. The first-order chi connectivity index (χ1) is 14.1. The van der Waals surface area contributed by atoms with Gasteiger partial charge < -0.3 is 25.6 Å². The minimum Gasteiger partial charge on any atom is -0.444 e. The van der Waals surface area contributed by atoms with E-state index >= 15 is 0 Å². The lowest BCUT2D eigenvalue weighted by atomic mass is 9.95. The van der Waals surface area contributed by atoms with Crippen LogP contribution in [0.4, 0.5) is 4.79 Å². The second-order valence-electron chi connectivity index (χ2n) is 10.3. The van der Waals surface area contributed by atoms with Gasteiger partial charge in [0.2, 0.25) is 5.91 Å². The van der Waals surface area contributed by atoms with Crippen molar-refractivity contribution in [1.82, 2.24) is 20.9 Å². The molecule has 0 radical (unpaired) electrons. The summed E-state index contributed by atoms with van der Waals surface area (Å²) in [5, 5.41) is 9.97. The third-order valence-electron chi connectivity index (χ3n) is 6.31. The fourth-order valence-corrected chi connectivity index (χ4v) is 4.54. The Hall–Kier alpha value is -1.99. The average molecular weight is 422 g/mol. The van der Waals surface area contributed by atoms with Gasteiger partial charge in [-0.3, -0.25) is 4.79 Å². The number of ether oxygens (including phenoxy) is 1. The van der Waals surface area contributed by atoms with Crippen LogP contribution in [0.2, 0.25) is 0 Å². The predicted molar refractivity (Wildman–Crippen MR) is 117 cm³/mol. The molecule has 8 heteroatoms. The number of carbonyl (C=O) groups excluding carboxylic acids is 2. The van der Waals surface area contributed by atoms with E-state index in [1.54, 1.807) is 19.0 Å². The maximum atomic E-state index is 12.2. The molecule has 170 valence electrons. The molecule has 0 aliphatic heterocycles. The number of aliphatic imine (C=N–C) groups is 1. The molecule has 4 unspecified atom stereocenters. The standard InChI is InChI=1S/C22H39N5O3/c1-22(2,3)30-21(29)26-18(15-8-9-15)12-23-20(24-13-19(28)27(4)5)25-17-11-14-6-7-16(17)10-14/h14-18H,6-13H2,1-5H3,(H,26,29)(H2,23,24,25). The lowest BCUT2D eigenvalue weighted by molar-refractivity contribution is -0.127. The summed E-state index contributed by atoms with van der Waals surface area (Å²) in [7, 11) is 3.48. The van der Waals surface area contributed by atoms with E-state index in [9.17, 15) is 9.59 Å². The Morgan fingerprint density at radius 1 is 1.13 bits per heavy atom. The van der Waals surface area contributed by atoms with Crippen molar-refractivity contribution in [3.8, 4) is 0 Å². The van der Waals surface area contributed by atoms with Crippen LogP contribution in [0.25, 0.3) is 0 Å². The van der Waals surface area contributed by atoms with Crippen molar-refractivity contribution < 1.29 is 14.3 Å². The molecule has 2 bridgehead atoms. The predicted octanol–water partition coefficient (Wildman–Crippen LogP) is 2.10. The maximum absolute atomic E-state index is 12.2. The number of likely N-dealkylation sites (N-methyl/N-ethyl adjacent to an activating group) is 1. The molecule has 0 saturated heterocycles. The summed E-state index contributed by atoms with van der Waals surface area (Å²) in [6, 6.07) is 0.402. The molecule has 3 N–H and O–H groups in total. The number of nitrogens with one attached hydrogen (secondary N) is 3. The summed E-state index contributed by atoms with van der Waals surface area (Å²) < 4.78 is 5.43. The van der Waals surface area contributed by atoms with E-state index in [-0.39, 0.29) is 24.6 Å². The Labute approximate surface area is 180 Å². The summed E-state index contributed by atoms with van der Waals surface area (Å²) in [5.41, 5.74) is -0.520. The fourth-order valence-electron chi connectivity index (χ4n) is 4.54. The van der Waals surface area contributed by atoms with E-state index in [0.717, 1.165) is 18.8 Å². The Balaban J connectivity index is 1.58. The SMILES string of the molecule is CN(C)C(=O)CN=C(NCC(NC(=O)OC(C)(C)C)C1CC1)NC1CC2CCC1C2. The van der Waals surface area contributed by atoms with Gasteiger partial charge in [0, 0.05) is 26.7 Å². The van der Waals surface area contributed by atoms with Crippen molar-refractivity contribution >= 4 is 18.0 Å². The highest BCUT2D eigenvalue weighted by Crippen LogP contribution is 2.44. The van der Waals surface area contributed by atoms with Gasteiger partial charge in [-0.25, -0.2) is 9.79 Å². The summed E-state index contributed by atoms with van der Waals surface area (Å²) in [6.07, 6.45) is 6.91. The quantitative estimate of drug-likeness (QED) is 0.432. The Bertz CT molecular complexity index is 654. The third-order valence-corrected chi connectivity index (χ3v) is 6.31. The highest BCUT2D eigenvalue weighted by Gasteiger charge is 2.40. The Morgan fingerprint density at radius 2 is 1.87 bits per heavy atom. The molecule has 3 rings (SSSR count). The molecule has 4 atom stereocenters. The van der Waals surface area contributed by atoms with Crippen LogP contribution in [0.3, 0.4) is 0 Å². The van der Waals surface area contributed by atoms with E-state index in [4.69, 9.17) is 4.74 Å². The molecule has 2 amide bonds. The average Bonchev–Trinajstić information content (AvgIpc) is 3.28. The third kappa shape index (κ3) is 6.77. The van der Waals surface area contributed by atoms with E-state index in [2.05, 4.69) is 20.9 Å². The lowest BCUT2D eigenvalue weighted by Crippen LogP contribution is -2.51. The van der Waals surface area contributed by atoms with Crippen molar-refractivity contribution in [3.05, 3.63) is 0 Å². The largest absolute Gasteiger partial charge is 0.444 e. The topological polar surface area (TPSA) is 95.1 Å². The molecule has 0 heterocycles. The minimum absolute atomic E-state index is 0.0172. The first-order valence-electron chi connectivity index (χ1n) is 11.3. The first kappa shape index (κ1) is 22.7. The van der Waals surface area contributed by atoms with Gasteiger partial charge in [-0.2, -0.15) is 0 Å². The molecule has 3 aliphatic rings. The highest BCUT2D eigenvalue weighted by atomic mass is 16.6. The molecular formula is C22H39N5O3. The molecule has 0 aromatic rings. The van der Waals surface area contributed by atoms with Gasteiger partial charge in [0.1, 0.15) is 12.1 Å². The van der Waals surface area contributed by atoms with Crippen molar-refractivity contribution in [3.63, 3.8) is 0 Å². The second-order valence-corrected chi connectivity index (χ2v) is 10.3. The van der Waals surface area contributed by atoms with Crippen LogP contribution in [0, 0.1) is 17.8 Å². The molecule has 0 aromatic carbocycles. The number of fused-ring (bicyclic) bond motifs is 2. The monoisotopic (exact) mass is 421 g/mol. The fraction of sp³-hybridized carbons (Fsp3) is 0.864. The molecule has 3 aliphatic carbocycles. The van der Waals surface area contributed by atoms with Crippen LogP contribution < -0.4 is 16.0 Å². The van der Waals surface area contributed by atoms with Gasteiger partial charge in [-0.05, 0) is 70.6 Å². The summed E-state index contributed by atoms with van der Waals surface area (Å²) in [4.78, 5) is 30.4. The van der Waals surface area contributed by atoms with Crippen LogP contribution in [-0.4, -0.2) is 67.7 Å². The number of carbonyl (C=O) groups is 2. The number of amides is 2. The van der Waals surface area contributed by atoms with Crippen LogP contribution >= 0.6 is 0 Å². The Morgan fingerprint density at radius 3 is 2.40 bits per heavy atom. The van der Waals surface area contributed by atoms with Crippen LogP contribution in [-0.2, 0) is 9.53 Å². The second kappa shape index (κ2) is 9.43. The molecule has 30 heavy (non-hydrogen) atoms. The lowest BCUT2D eigenvalue weighted by Gasteiger charge is -2.27. The van der Waals surface area contributed by atoms with Crippen LogP contribution in [0.5, 0.6) is 0 Å². The molecule has 3 saturated carbocycles. The van der Waals surface area contributed by atoms with Gasteiger partial charge in [0.25, 0.3) is 0 Å². The highest BCUT2D eigenvalue weighted by molar-refractivity contribution is 5.85. The zero-order chi connectivity index (χ0) is 21.9. The van der Waals surface area contributed by atoms with E-state index in [1.807, 2.05) is 20.8 Å². The number of guanidine groups is 1. The molecule has 0 spiro atoms. The van der Waals surface area contributed by atoms with Gasteiger partial charge in [-0.15, -0.1) is 0 Å². The smallest absolute Gasteiger partial charge is 0.407 e. The van der Waals surface area contributed by atoms with Gasteiger partial charge in [0.15, 0.2) is 5.96 Å². The number of rotatable bonds is 7. The number of hydrogen-bond acceptors (Lipinski definition) is 4. The van der Waals surface area contributed by atoms with E-state index in [0.29, 0.717) is 30.4 Å². The molecule has 0 aromatic heterocycles. The first-order valence-corrected chi connectivity index (χ1v) is 11.3. The summed E-state index contributed by atoms with van der Waals surface area (Å²) in [6.45, 7) is 6.26. The van der Waals surface area contributed by atoms with Crippen LogP contribution in [0.15, 0.2) is 4.99 Å². The maximum Gasteiger partial charge on any atom is 0.407 e. The van der Waals surface area contributed by atoms with Crippen molar-refractivity contribution in [2.45, 2.75) is 77.0 Å². The van der Waals surface area contributed by atoms with Gasteiger partial charge in [-0.1, -0.05) is 6.42 Å². The minimum atomic E-state index is -0.520. The number of hydrogen-bond donors (Lipinski definition) is 3. The number of alkyl carbamates (subject to hydrolysis) is 1. The van der Waals surface area contributed by atoms with E-state index in [1.165, 1.54) is 25.7 Å². The van der Waals surface area contributed by atoms with Crippen molar-refractivity contribution in [1.29, 1.82) is 0 Å². The van der Waals surface area contributed by atoms with Crippen molar-refractivity contribution in [2.24, 2.45) is 22.7 Å². The Kier molecular flexibility index (Phi) is 7.14. The zero-order valence-corrected chi connectivity index (χ0v) is 19.2. The van der Waals surface area contributed by atoms with Gasteiger partial charge in [0.05, 0.1) is 6.04 Å². The van der Waals surface area contributed by atoms with Crippen LogP contribution in [0.1, 0.15) is 59.3 Å². The van der Waals surface area contributed by atoms with E-state index < -0.39 is 5.60 Å².